The summed E-state index contributed by atoms with van der Waals surface area (Å²) in [7, 11) is -3.53. The zero-order valence-corrected chi connectivity index (χ0v) is 13.1. The molecule has 0 amide bonds. The smallest absolute Gasteiger partial charge is 0.246 e. The first kappa shape index (κ1) is 16.4. The number of hydrogen-bond donors (Lipinski definition) is 1. The zero-order chi connectivity index (χ0) is 15.3. The second-order valence-corrected chi connectivity index (χ2v) is 7.10. The van der Waals surface area contributed by atoms with E-state index in [1.54, 1.807) is 0 Å². The van der Waals surface area contributed by atoms with Gasteiger partial charge < -0.3 is 9.84 Å². The summed E-state index contributed by atoms with van der Waals surface area (Å²) in [6.45, 7) is 3.82. The van der Waals surface area contributed by atoms with Crippen molar-refractivity contribution in [3.8, 4) is 0 Å². The second-order valence-electron chi connectivity index (χ2n) is 5.16. The number of piperidine rings is 1. The van der Waals surface area contributed by atoms with E-state index < -0.39 is 10.0 Å². The number of aliphatic hydroxyl groups excluding tert-OH is 1. The third-order valence-electron chi connectivity index (χ3n) is 3.47. The molecule has 2 rings (SSSR count). The summed E-state index contributed by atoms with van der Waals surface area (Å²) >= 11 is 0. The summed E-state index contributed by atoms with van der Waals surface area (Å²) in [5, 5.41) is 12.8. The van der Waals surface area contributed by atoms with Crippen molar-refractivity contribution in [3.63, 3.8) is 0 Å². The van der Waals surface area contributed by atoms with Crippen molar-refractivity contribution in [1.82, 2.24) is 14.1 Å². The van der Waals surface area contributed by atoms with E-state index in [0.29, 0.717) is 19.7 Å². The van der Waals surface area contributed by atoms with Crippen LogP contribution in [0.25, 0.3) is 0 Å². The van der Waals surface area contributed by atoms with Crippen LogP contribution >= 0.6 is 0 Å². The fourth-order valence-electron chi connectivity index (χ4n) is 2.40. The summed E-state index contributed by atoms with van der Waals surface area (Å²) in [6, 6.07) is 0. The van der Waals surface area contributed by atoms with Crippen molar-refractivity contribution >= 4 is 10.0 Å². The Morgan fingerprint density at radius 2 is 2.33 bits per heavy atom. The minimum atomic E-state index is -3.53. The summed E-state index contributed by atoms with van der Waals surface area (Å²) < 4.78 is 33.7. The first-order valence-corrected chi connectivity index (χ1v) is 8.77. The van der Waals surface area contributed by atoms with Gasteiger partial charge in [0.05, 0.1) is 25.5 Å². The van der Waals surface area contributed by atoms with E-state index >= 15 is 0 Å². The zero-order valence-electron chi connectivity index (χ0n) is 12.3. The predicted molar refractivity (Wildman–Crippen MR) is 77.3 cm³/mol. The fourth-order valence-corrected chi connectivity index (χ4v) is 3.86. The van der Waals surface area contributed by atoms with E-state index in [1.165, 1.54) is 21.4 Å². The van der Waals surface area contributed by atoms with Crippen LogP contribution in [0.5, 0.6) is 0 Å². The molecule has 0 saturated carbocycles. The standard InChI is InChI=1S/C13H23N3O4S/c1-2-8-20-12-4-3-5-16(10-12)21(18,19)13-9-14-15(11-13)6-7-17/h9,11-12,17H,2-8,10H2,1H3. The van der Waals surface area contributed by atoms with Gasteiger partial charge in [-0.2, -0.15) is 9.40 Å². The van der Waals surface area contributed by atoms with Crippen LogP contribution in [0.3, 0.4) is 0 Å². The van der Waals surface area contributed by atoms with Crippen molar-refractivity contribution in [2.75, 3.05) is 26.3 Å². The largest absolute Gasteiger partial charge is 0.394 e. The molecule has 120 valence electrons. The molecule has 1 saturated heterocycles. The fraction of sp³-hybridized carbons (Fsp3) is 0.769. The maximum Gasteiger partial charge on any atom is 0.246 e. The van der Waals surface area contributed by atoms with Crippen LogP contribution in [0.1, 0.15) is 26.2 Å². The van der Waals surface area contributed by atoms with Crippen molar-refractivity contribution < 1.29 is 18.3 Å². The van der Waals surface area contributed by atoms with Crippen molar-refractivity contribution in [1.29, 1.82) is 0 Å². The van der Waals surface area contributed by atoms with Gasteiger partial charge in [-0.25, -0.2) is 8.42 Å². The molecule has 0 bridgehead atoms. The van der Waals surface area contributed by atoms with Gasteiger partial charge in [0, 0.05) is 25.9 Å². The maximum atomic E-state index is 12.6. The van der Waals surface area contributed by atoms with Crippen molar-refractivity contribution in [3.05, 3.63) is 12.4 Å². The highest BCUT2D eigenvalue weighted by atomic mass is 32.2. The molecular weight excluding hydrogens is 294 g/mol. The lowest BCUT2D eigenvalue weighted by molar-refractivity contribution is 0.0193. The Kier molecular flexibility index (Phi) is 5.74. The second kappa shape index (κ2) is 7.35. The summed E-state index contributed by atoms with van der Waals surface area (Å²) in [5.74, 6) is 0. The minimum Gasteiger partial charge on any atom is -0.394 e. The predicted octanol–water partition coefficient (Wildman–Crippen LogP) is 0.455. The molecule has 0 aromatic carbocycles. The Hall–Kier alpha value is -0.960. The molecule has 0 radical (unpaired) electrons. The summed E-state index contributed by atoms with van der Waals surface area (Å²) in [6.07, 6.45) is 5.40. The van der Waals surface area contributed by atoms with Gasteiger partial charge >= 0.3 is 0 Å². The first-order valence-electron chi connectivity index (χ1n) is 7.33. The van der Waals surface area contributed by atoms with Crippen LogP contribution in [0.4, 0.5) is 0 Å². The molecule has 7 nitrogen and oxygen atoms in total. The SMILES string of the molecule is CCCOC1CCCN(S(=O)(=O)c2cnn(CCO)c2)C1. The molecule has 0 spiro atoms. The lowest BCUT2D eigenvalue weighted by Crippen LogP contribution is -2.43. The van der Waals surface area contributed by atoms with E-state index in [2.05, 4.69) is 5.10 Å². The van der Waals surface area contributed by atoms with Gasteiger partial charge in [-0.3, -0.25) is 4.68 Å². The number of aliphatic hydroxyl groups is 1. The molecule has 8 heteroatoms. The summed E-state index contributed by atoms with van der Waals surface area (Å²) in [4.78, 5) is 0.173. The average molecular weight is 317 g/mol. The van der Waals surface area contributed by atoms with Crippen LogP contribution in [-0.4, -0.2) is 60.0 Å². The Morgan fingerprint density at radius 1 is 1.52 bits per heavy atom. The lowest BCUT2D eigenvalue weighted by atomic mass is 10.1. The van der Waals surface area contributed by atoms with Crippen LogP contribution in [0, 0.1) is 0 Å². The summed E-state index contributed by atoms with van der Waals surface area (Å²) in [5.41, 5.74) is 0. The third kappa shape index (κ3) is 4.03. The third-order valence-corrected chi connectivity index (χ3v) is 5.29. The molecule has 1 aliphatic rings. The Morgan fingerprint density at radius 3 is 3.05 bits per heavy atom. The molecule has 2 heterocycles. The molecule has 0 aliphatic carbocycles. The monoisotopic (exact) mass is 317 g/mol. The molecule has 1 aromatic heterocycles. The van der Waals surface area contributed by atoms with Gasteiger partial charge in [-0.05, 0) is 19.3 Å². The highest BCUT2D eigenvalue weighted by Crippen LogP contribution is 2.21. The number of rotatable bonds is 7. The van der Waals surface area contributed by atoms with E-state index in [4.69, 9.17) is 9.84 Å². The highest BCUT2D eigenvalue weighted by molar-refractivity contribution is 7.89. The van der Waals surface area contributed by atoms with Gasteiger partial charge in [0.25, 0.3) is 0 Å². The van der Waals surface area contributed by atoms with Gasteiger partial charge in [0.2, 0.25) is 10.0 Å². The van der Waals surface area contributed by atoms with Gasteiger partial charge in [-0.1, -0.05) is 6.92 Å². The molecule has 1 atom stereocenters. The Labute approximate surface area is 125 Å². The molecule has 1 fully saturated rings. The molecular formula is C13H23N3O4S. The van der Waals surface area contributed by atoms with E-state index in [1.807, 2.05) is 6.92 Å². The molecule has 1 unspecified atom stereocenters. The number of hydrogen-bond acceptors (Lipinski definition) is 5. The normalized spacial score (nSPS) is 20.8. The topological polar surface area (TPSA) is 84.7 Å². The highest BCUT2D eigenvalue weighted by Gasteiger charge is 2.31. The van der Waals surface area contributed by atoms with E-state index in [-0.39, 0.29) is 24.2 Å². The van der Waals surface area contributed by atoms with Gasteiger partial charge in [0.15, 0.2) is 0 Å². The number of ether oxygens (including phenoxy) is 1. The van der Waals surface area contributed by atoms with Crippen LogP contribution in [0.15, 0.2) is 17.3 Å². The molecule has 21 heavy (non-hydrogen) atoms. The number of aromatic nitrogens is 2. The minimum absolute atomic E-state index is 0.0269. The van der Waals surface area contributed by atoms with Crippen LogP contribution in [0.2, 0.25) is 0 Å². The van der Waals surface area contributed by atoms with Gasteiger partial charge in [-0.15, -0.1) is 0 Å². The van der Waals surface area contributed by atoms with E-state index in [0.717, 1.165) is 19.3 Å². The average Bonchev–Trinajstić information content (AvgIpc) is 2.95. The number of sulfonamides is 1. The van der Waals surface area contributed by atoms with Crippen LogP contribution < -0.4 is 0 Å². The molecule has 1 aromatic rings. The van der Waals surface area contributed by atoms with Crippen molar-refractivity contribution in [2.24, 2.45) is 0 Å². The maximum absolute atomic E-state index is 12.6. The first-order chi connectivity index (χ1) is 10.1. The Bertz CT molecular complexity index is 543. The quantitative estimate of drug-likeness (QED) is 0.789. The lowest BCUT2D eigenvalue weighted by Gasteiger charge is -2.31. The molecule has 1 N–H and O–H groups in total. The van der Waals surface area contributed by atoms with Gasteiger partial charge in [0.1, 0.15) is 4.90 Å². The molecule has 1 aliphatic heterocycles. The van der Waals surface area contributed by atoms with Crippen molar-refractivity contribution in [2.45, 2.75) is 43.7 Å². The van der Waals surface area contributed by atoms with Crippen LogP contribution in [-0.2, 0) is 21.3 Å². The van der Waals surface area contributed by atoms with E-state index in [9.17, 15) is 8.42 Å². The Balaban J connectivity index is 2.06. The number of nitrogens with zero attached hydrogens (tertiary/aromatic N) is 3.